The topological polar surface area (TPSA) is 185 Å². The number of esters is 1. The number of sulfonamides is 1. The minimum Gasteiger partial charge on any atom is -0.491 e. The smallest absolute Gasteiger partial charge is 0.416 e. The van der Waals surface area contributed by atoms with E-state index in [-0.39, 0.29) is 66.5 Å². The van der Waals surface area contributed by atoms with Crippen LogP contribution in [-0.4, -0.2) is 121 Å². The van der Waals surface area contributed by atoms with Crippen LogP contribution >= 0.6 is 0 Å². The van der Waals surface area contributed by atoms with E-state index in [1.807, 2.05) is 31.2 Å². The molecule has 0 saturated carbocycles. The second-order valence-electron chi connectivity index (χ2n) is 16.7. The summed E-state index contributed by atoms with van der Waals surface area (Å²) < 4.78 is 86.6. The van der Waals surface area contributed by atoms with Gasteiger partial charge in [0.05, 0.1) is 54.1 Å². The fourth-order valence-corrected chi connectivity index (χ4v) is 9.00. The number of nitrogens with zero attached hydrogens (tertiary/aromatic N) is 3. The number of benzene rings is 3. The van der Waals surface area contributed by atoms with Crippen molar-refractivity contribution >= 4 is 43.8 Å². The van der Waals surface area contributed by atoms with Gasteiger partial charge in [-0.1, -0.05) is 29.8 Å². The summed E-state index contributed by atoms with van der Waals surface area (Å²) in [5, 5.41) is 0. The highest BCUT2D eigenvalue weighted by atomic mass is 32.2. The van der Waals surface area contributed by atoms with E-state index in [4.69, 9.17) is 27.9 Å². The van der Waals surface area contributed by atoms with Crippen molar-refractivity contribution in [2.45, 2.75) is 88.2 Å². The molecule has 0 aliphatic carbocycles. The summed E-state index contributed by atoms with van der Waals surface area (Å²) in [5.74, 6) is -0.419. The molecule has 0 spiro atoms. The van der Waals surface area contributed by atoms with Gasteiger partial charge in [0.1, 0.15) is 36.8 Å². The normalized spacial score (nSPS) is 15.7. The Morgan fingerprint density at radius 3 is 1.90 bits per heavy atom. The molecule has 1 fully saturated rings. The summed E-state index contributed by atoms with van der Waals surface area (Å²) in [6.45, 7) is 13.0. The molecule has 2 aliphatic heterocycles. The van der Waals surface area contributed by atoms with Crippen molar-refractivity contribution in [1.82, 2.24) is 9.21 Å². The summed E-state index contributed by atoms with van der Waals surface area (Å²) in [6, 6.07) is 18.1. The number of fused-ring (bicyclic) bond motifs is 1. The molecular weight excluding hydrogens is 831 g/mol. The first-order valence-corrected chi connectivity index (χ1v) is 23.0. The van der Waals surface area contributed by atoms with Crippen LogP contribution in [0.4, 0.5) is 10.5 Å². The maximum atomic E-state index is 14.0. The van der Waals surface area contributed by atoms with E-state index in [0.29, 0.717) is 38.4 Å². The first-order chi connectivity index (χ1) is 28.6. The molecule has 2 heterocycles. The van der Waals surface area contributed by atoms with Crippen molar-refractivity contribution < 1.29 is 59.1 Å². The Balaban J connectivity index is 1.08. The number of ether oxygens (including phenoxy) is 5. The summed E-state index contributed by atoms with van der Waals surface area (Å²) in [5.41, 5.74) is 0.465. The molecule has 0 atom stereocenters. The number of piperidine rings is 1. The van der Waals surface area contributed by atoms with Crippen LogP contribution in [0.2, 0.25) is 0 Å². The lowest BCUT2D eigenvalue weighted by atomic mass is 9.90. The molecule has 0 radical (unpaired) electrons. The van der Waals surface area contributed by atoms with Gasteiger partial charge >= 0.3 is 12.1 Å². The number of rotatable bonds is 17. The SMILES string of the molecule is Cc1ccc(S(=O)(=O)OCCOCCOCCOc2ccc(C3CCN(S(=O)(=O)c4ccc5c(c4)N(C(=O)OC(C)(C)C)CN(CC(=O)OC(C)(C)C)C5=O)CC3)cc2)cc1. The van der Waals surface area contributed by atoms with Gasteiger partial charge in [-0.2, -0.15) is 12.7 Å². The van der Waals surface area contributed by atoms with Crippen LogP contribution in [0.15, 0.2) is 76.5 Å². The Hall–Kier alpha value is -4.59. The largest absolute Gasteiger partial charge is 0.491 e. The van der Waals surface area contributed by atoms with E-state index in [1.54, 1.807) is 53.7 Å². The van der Waals surface area contributed by atoms with Gasteiger partial charge in [-0.15, -0.1) is 0 Å². The minimum atomic E-state index is -4.01. The van der Waals surface area contributed by atoms with Gasteiger partial charge in [-0.05, 0) is 115 Å². The van der Waals surface area contributed by atoms with Crippen LogP contribution in [0.1, 0.15) is 81.8 Å². The summed E-state index contributed by atoms with van der Waals surface area (Å²) in [6.07, 6.45) is 0.362. The van der Waals surface area contributed by atoms with Crippen molar-refractivity contribution in [3.8, 4) is 5.75 Å². The van der Waals surface area contributed by atoms with Gasteiger partial charge in [0.2, 0.25) is 10.0 Å². The van der Waals surface area contributed by atoms with Crippen LogP contribution in [0.5, 0.6) is 5.75 Å². The molecule has 3 aromatic rings. The fourth-order valence-electron chi connectivity index (χ4n) is 6.61. The average Bonchev–Trinajstić information content (AvgIpc) is 3.18. The highest BCUT2D eigenvalue weighted by Gasteiger charge is 2.38. The van der Waals surface area contributed by atoms with Crippen molar-refractivity contribution in [2.75, 3.05) is 70.8 Å². The van der Waals surface area contributed by atoms with E-state index in [2.05, 4.69) is 0 Å². The van der Waals surface area contributed by atoms with Crippen LogP contribution in [0, 0.1) is 6.92 Å². The Labute approximate surface area is 359 Å². The molecule has 61 heavy (non-hydrogen) atoms. The molecular formula is C43H57N3O13S2. The lowest BCUT2D eigenvalue weighted by Gasteiger charge is -2.37. The molecule has 16 nitrogen and oxygen atoms in total. The maximum absolute atomic E-state index is 14.0. The average molecular weight is 888 g/mol. The summed E-state index contributed by atoms with van der Waals surface area (Å²) >= 11 is 0. The van der Waals surface area contributed by atoms with Gasteiger partial charge in [-0.25, -0.2) is 13.2 Å². The molecule has 0 aromatic heterocycles. The lowest BCUT2D eigenvalue weighted by molar-refractivity contribution is -0.155. The quantitative estimate of drug-likeness (QED) is 0.0891. The number of amides is 2. The Kier molecular flexibility index (Phi) is 15.6. The van der Waals surface area contributed by atoms with E-state index in [1.165, 1.54) is 44.4 Å². The molecule has 0 unspecified atom stereocenters. The number of carbonyl (C=O) groups excluding carboxylic acids is 3. The second kappa shape index (κ2) is 20.1. The Bertz CT molecular complexity index is 2210. The molecule has 1 saturated heterocycles. The molecule has 18 heteroatoms. The molecule has 2 aliphatic rings. The zero-order chi connectivity index (χ0) is 44.6. The predicted molar refractivity (Wildman–Crippen MR) is 226 cm³/mol. The predicted octanol–water partition coefficient (Wildman–Crippen LogP) is 5.88. The third-order valence-electron chi connectivity index (χ3n) is 9.53. The van der Waals surface area contributed by atoms with Gasteiger partial charge in [-0.3, -0.25) is 18.7 Å². The Morgan fingerprint density at radius 2 is 1.30 bits per heavy atom. The highest BCUT2D eigenvalue weighted by molar-refractivity contribution is 7.89. The standard InChI is InChI=1S/C43H57N3O13S2/c1-31-8-14-35(15-9-31)61(52,53)57-27-25-55-23-22-54-24-26-56-34-12-10-32(11-13-34)33-18-20-45(21-19-33)60(50,51)36-16-17-37-38(28-36)46(41(49)59-43(5,6)7)30-44(40(37)48)29-39(47)58-42(2,3)4/h8-17,28,33H,18-27,29-30H2,1-7H3. The fraction of sp³-hybridized carbons (Fsp3) is 0.512. The van der Waals surface area contributed by atoms with Gasteiger partial charge < -0.3 is 28.6 Å². The highest BCUT2D eigenvalue weighted by Crippen LogP contribution is 2.35. The minimum absolute atomic E-state index is 0.0534. The maximum Gasteiger partial charge on any atom is 0.416 e. The van der Waals surface area contributed by atoms with Gasteiger partial charge in [0.15, 0.2) is 0 Å². The van der Waals surface area contributed by atoms with Crippen LogP contribution < -0.4 is 9.64 Å². The van der Waals surface area contributed by atoms with Crippen molar-refractivity contribution in [1.29, 1.82) is 0 Å². The Morgan fingerprint density at radius 1 is 0.721 bits per heavy atom. The van der Waals surface area contributed by atoms with Crippen LogP contribution in [0.3, 0.4) is 0 Å². The molecule has 2 amide bonds. The van der Waals surface area contributed by atoms with Crippen LogP contribution in [-0.2, 0) is 48.1 Å². The molecule has 5 rings (SSSR count). The first-order valence-electron chi connectivity index (χ1n) is 20.1. The lowest BCUT2D eigenvalue weighted by Crippen LogP contribution is -2.52. The molecule has 3 aromatic carbocycles. The van der Waals surface area contributed by atoms with E-state index >= 15 is 0 Å². The third-order valence-corrected chi connectivity index (χ3v) is 12.8. The van der Waals surface area contributed by atoms with Gasteiger partial charge in [0, 0.05) is 13.1 Å². The number of hydrogen-bond donors (Lipinski definition) is 0. The zero-order valence-electron chi connectivity index (χ0n) is 35.9. The van der Waals surface area contributed by atoms with E-state index < -0.39 is 55.9 Å². The van der Waals surface area contributed by atoms with E-state index in [0.717, 1.165) is 11.1 Å². The van der Waals surface area contributed by atoms with Crippen molar-refractivity contribution in [3.05, 3.63) is 83.4 Å². The third kappa shape index (κ3) is 13.4. The summed E-state index contributed by atoms with van der Waals surface area (Å²) in [7, 11) is -7.85. The van der Waals surface area contributed by atoms with Gasteiger partial charge in [0.25, 0.3) is 16.0 Å². The summed E-state index contributed by atoms with van der Waals surface area (Å²) in [4.78, 5) is 42.0. The number of hydrogen-bond acceptors (Lipinski definition) is 13. The number of aryl methyl sites for hydroxylation is 1. The van der Waals surface area contributed by atoms with Crippen LogP contribution in [0.25, 0.3) is 0 Å². The molecule has 334 valence electrons. The van der Waals surface area contributed by atoms with Crippen molar-refractivity contribution in [2.24, 2.45) is 0 Å². The first kappa shape index (κ1) is 47.5. The molecule has 0 N–H and O–H groups in total. The monoisotopic (exact) mass is 887 g/mol. The number of carbonyl (C=O) groups is 3. The molecule has 0 bridgehead atoms. The zero-order valence-corrected chi connectivity index (χ0v) is 37.5. The number of anilines is 1. The second-order valence-corrected chi connectivity index (χ2v) is 20.3. The van der Waals surface area contributed by atoms with E-state index in [9.17, 15) is 31.2 Å². The van der Waals surface area contributed by atoms with Crippen molar-refractivity contribution in [3.63, 3.8) is 0 Å².